The number of aromatic nitrogens is 3. The minimum Gasteiger partial charge on any atom is -0.416 e. The Morgan fingerprint density at radius 3 is 2.89 bits per heavy atom. The molecule has 0 aliphatic carbocycles. The number of carbonyl (C=O) groups excluding carboxylic acids is 1. The van der Waals surface area contributed by atoms with Crippen molar-refractivity contribution in [2.75, 3.05) is 11.1 Å². The van der Waals surface area contributed by atoms with Gasteiger partial charge in [-0.25, -0.2) is 4.98 Å². The summed E-state index contributed by atoms with van der Waals surface area (Å²) in [6.45, 7) is 1.96. The van der Waals surface area contributed by atoms with E-state index in [1.165, 1.54) is 11.8 Å². The molecule has 0 radical (unpaired) electrons. The Morgan fingerprint density at radius 2 is 2.04 bits per heavy atom. The second-order valence-corrected chi connectivity index (χ2v) is 7.85. The Labute approximate surface area is 164 Å². The molecule has 2 aromatic carbocycles. The van der Waals surface area contributed by atoms with Gasteiger partial charge in [0, 0.05) is 16.5 Å². The molecule has 8 heteroatoms. The van der Waals surface area contributed by atoms with Gasteiger partial charge in [0.1, 0.15) is 0 Å². The molecule has 0 bridgehead atoms. The summed E-state index contributed by atoms with van der Waals surface area (Å²) in [5.74, 6) is 0.573. The van der Waals surface area contributed by atoms with Crippen molar-refractivity contribution < 1.29 is 9.21 Å². The molecular weight excluding hydrogens is 380 g/mol. The van der Waals surface area contributed by atoms with Gasteiger partial charge in [-0.05, 0) is 18.4 Å². The van der Waals surface area contributed by atoms with Gasteiger partial charge in [-0.2, -0.15) is 0 Å². The zero-order valence-electron chi connectivity index (χ0n) is 14.5. The third kappa shape index (κ3) is 4.35. The van der Waals surface area contributed by atoms with E-state index in [1.54, 1.807) is 11.3 Å². The van der Waals surface area contributed by atoms with Gasteiger partial charge >= 0.3 is 0 Å². The number of hydrogen-bond acceptors (Lipinski definition) is 7. The van der Waals surface area contributed by atoms with Crippen molar-refractivity contribution in [3.63, 3.8) is 0 Å². The van der Waals surface area contributed by atoms with E-state index in [2.05, 4.69) is 20.5 Å². The third-order valence-electron chi connectivity index (χ3n) is 3.84. The molecule has 0 spiro atoms. The number of nitrogens with zero attached hydrogens (tertiary/aromatic N) is 3. The summed E-state index contributed by atoms with van der Waals surface area (Å²) in [4.78, 5) is 16.7. The molecule has 136 valence electrons. The fraction of sp³-hybridized carbons (Fsp3) is 0.158. The van der Waals surface area contributed by atoms with Crippen LogP contribution in [0.15, 0.2) is 57.5 Å². The van der Waals surface area contributed by atoms with Gasteiger partial charge in [0.2, 0.25) is 11.8 Å². The van der Waals surface area contributed by atoms with Gasteiger partial charge in [0.05, 0.1) is 22.9 Å². The molecule has 27 heavy (non-hydrogen) atoms. The molecule has 2 aromatic heterocycles. The second kappa shape index (κ2) is 7.89. The number of amides is 1. The summed E-state index contributed by atoms with van der Waals surface area (Å²) in [5.41, 5.74) is 1.70. The van der Waals surface area contributed by atoms with Crippen molar-refractivity contribution in [1.29, 1.82) is 0 Å². The number of benzene rings is 2. The second-order valence-electron chi connectivity index (χ2n) is 5.86. The summed E-state index contributed by atoms with van der Waals surface area (Å²) in [6.07, 6.45) is 0.500. The lowest BCUT2D eigenvalue weighted by Crippen LogP contribution is -2.14. The zero-order chi connectivity index (χ0) is 18.6. The van der Waals surface area contributed by atoms with Crippen LogP contribution in [0.3, 0.4) is 0 Å². The first kappa shape index (κ1) is 17.7. The number of nitrogens with one attached hydrogen (secondary N) is 1. The first-order chi connectivity index (χ1) is 13.2. The standard InChI is InChI=1S/C19H16N4O2S2/c1-12-20-14(10-26-12)9-18-22-23-19(25-18)27-11-17(24)21-16-8-4-6-13-5-2-3-7-15(13)16/h2-8,10H,9,11H2,1H3,(H,21,24). The minimum absolute atomic E-state index is 0.119. The number of rotatable bonds is 6. The molecule has 0 fully saturated rings. The molecule has 6 nitrogen and oxygen atoms in total. The van der Waals surface area contributed by atoms with Gasteiger partial charge in [-0.1, -0.05) is 48.2 Å². The van der Waals surface area contributed by atoms with Crippen LogP contribution in [0.25, 0.3) is 10.8 Å². The molecule has 0 saturated carbocycles. The molecule has 0 aliphatic rings. The Hall–Kier alpha value is -2.71. The normalized spacial score (nSPS) is 11.0. The highest BCUT2D eigenvalue weighted by molar-refractivity contribution is 7.99. The lowest BCUT2D eigenvalue weighted by molar-refractivity contribution is -0.113. The molecule has 0 unspecified atom stereocenters. The van der Waals surface area contributed by atoms with Crippen LogP contribution in [0.5, 0.6) is 0 Å². The zero-order valence-corrected chi connectivity index (χ0v) is 16.1. The third-order valence-corrected chi connectivity index (χ3v) is 5.48. The van der Waals surface area contributed by atoms with Crippen LogP contribution < -0.4 is 5.32 Å². The maximum Gasteiger partial charge on any atom is 0.277 e. The van der Waals surface area contributed by atoms with E-state index in [0.717, 1.165) is 27.2 Å². The number of carbonyl (C=O) groups is 1. The first-order valence-corrected chi connectivity index (χ1v) is 10.2. The van der Waals surface area contributed by atoms with Gasteiger partial charge in [-0.3, -0.25) is 4.79 Å². The van der Waals surface area contributed by atoms with Crippen LogP contribution in [0, 0.1) is 6.92 Å². The number of hydrogen-bond donors (Lipinski definition) is 1. The molecule has 0 saturated heterocycles. The molecule has 1 N–H and O–H groups in total. The molecule has 4 rings (SSSR count). The van der Waals surface area contributed by atoms with E-state index in [4.69, 9.17) is 4.42 Å². The molecule has 1 amide bonds. The Bertz CT molecular complexity index is 1080. The number of fused-ring (bicyclic) bond motifs is 1. The summed E-state index contributed by atoms with van der Waals surface area (Å²) < 4.78 is 5.59. The van der Waals surface area contributed by atoms with Crippen LogP contribution in [-0.2, 0) is 11.2 Å². The maximum absolute atomic E-state index is 12.3. The molecule has 0 atom stereocenters. The largest absolute Gasteiger partial charge is 0.416 e. The van der Waals surface area contributed by atoms with Crippen LogP contribution in [-0.4, -0.2) is 26.8 Å². The van der Waals surface area contributed by atoms with Gasteiger partial charge < -0.3 is 9.73 Å². The highest BCUT2D eigenvalue weighted by Gasteiger charge is 2.12. The smallest absolute Gasteiger partial charge is 0.277 e. The van der Waals surface area contributed by atoms with E-state index in [1.807, 2.05) is 54.8 Å². The lowest BCUT2D eigenvalue weighted by Gasteiger charge is -2.07. The summed E-state index contributed by atoms with van der Waals surface area (Å²) >= 11 is 2.81. The minimum atomic E-state index is -0.119. The van der Waals surface area contributed by atoms with Gasteiger partial charge in [0.25, 0.3) is 5.22 Å². The van der Waals surface area contributed by atoms with Crippen molar-refractivity contribution in [3.8, 4) is 0 Å². The van der Waals surface area contributed by atoms with E-state index in [0.29, 0.717) is 17.5 Å². The number of anilines is 1. The highest BCUT2D eigenvalue weighted by Crippen LogP contribution is 2.24. The van der Waals surface area contributed by atoms with Crippen LogP contribution in [0.4, 0.5) is 5.69 Å². The fourth-order valence-corrected chi connectivity index (χ4v) is 3.85. The Morgan fingerprint density at radius 1 is 1.19 bits per heavy atom. The van der Waals surface area contributed by atoms with Crippen molar-refractivity contribution in [1.82, 2.24) is 15.2 Å². The number of aryl methyl sites for hydroxylation is 1. The van der Waals surface area contributed by atoms with Gasteiger partial charge in [0.15, 0.2) is 0 Å². The van der Waals surface area contributed by atoms with Crippen LogP contribution in [0.1, 0.15) is 16.6 Å². The van der Waals surface area contributed by atoms with Crippen molar-refractivity contribution in [2.24, 2.45) is 0 Å². The fourth-order valence-electron chi connectivity index (χ4n) is 2.66. The lowest BCUT2D eigenvalue weighted by atomic mass is 10.1. The maximum atomic E-state index is 12.3. The molecule has 2 heterocycles. The quantitative estimate of drug-likeness (QED) is 0.489. The molecule has 4 aromatic rings. The average molecular weight is 396 g/mol. The van der Waals surface area contributed by atoms with E-state index >= 15 is 0 Å². The SMILES string of the molecule is Cc1nc(Cc2nnc(SCC(=O)Nc3cccc4ccccc34)o2)cs1. The van der Waals surface area contributed by atoms with Crippen molar-refractivity contribution in [3.05, 3.63) is 64.4 Å². The average Bonchev–Trinajstić information content (AvgIpc) is 3.29. The predicted molar refractivity (Wildman–Crippen MR) is 107 cm³/mol. The van der Waals surface area contributed by atoms with E-state index in [-0.39, 0.29) is 11.7 Å². The highest BCUT2D eigenvalue weighted by atomic mass is 32.2. The topological polar surface area (TPSA) is 80.9 Å². The summed E-state index contributed by atoms with van der Waals surface area (Å²) in [5, 5.41) is 16.4. The Kier molecular flexibility index (Phi) is 5.17. The summed E-state index contributed by atoms with van der Waals surface area (Å²) in [6, 6.07) is 13.8. The van der Waals surface area contributed by atoms with Crippen LogP contribution in [0.2, 0.25) is 0 Å². The monoisotopic (exact) mass is 396 g/mol. The molecule has 0 aliphatic heterocycles. The molecular formula is C19H16N4O2S2. The van der Waals surface area contributed by atoms with E-state index in [9.17, 15) is 4.79 Å². The number of thiazole rings is 1. The Balaban J connectivity index is 1.35. The van der Waals surface area contributed by atoms with Crippen molar-refractivity contribution >= 4 is 45.5 Å². The van der Waals surface area contributed by atoms with Crippen LogP contribution >= 0.6 is 23.1 Å². The first-order valence-electron chi connectivity index (χ1n) is 8.31. The number of thioether (sulfide) groups is 1. The summed E-state index contributed by atoms with van der Waals surface area (Å²) in [7, 11) is 0. The predicted octanol–water partition coefficient (Wildman–Crippen LogP) is 4.31. The van der Waals surface area contributed by atoms with Gasteiger partial charge in [-0.15, -0.1) is 21.5 Å². The van der Waals surface area contributed by atoms with E-state index < -0.39 is 0 Å². The van der Waals surface area contributed by atoms with Crippen molar-refractivity contribution in [2.45, 2.75) is 18.6 Å².